The zero-order valence-corrected chi connectivity index (χ0v) is 12.9. The molecule has 0 saturated carbocycles. The molecule has 1 N–H and O–H groups in total. The Morgan fingerprint density at radius 3 is 2.65 bits per heavy atom. The topological polar surface area (TPSA) is 71.5 Å². The summed E-state index contributed by atoms with van der Waals surface area (Å²) in [6.45, 7) is 7.03. The van der Waals surface area contributed by atoms with Crippen LogP contribution < -0.4 is 5.32 Å². The summed E-state index contributed by atoms with van der Waals surface area (Å²) >= 11 is 0. The Hall–Kier alpha value is -1.18. The molecule has 1 aliphatic rings. The summed E-state index contributed by atoms with van der Waals surface area (Å²) in [7, 11) is -3.60. The standard InChI is InChI=1S/C13H21N3O3S/c1-4-14-12-6-5-7-15-13(12)20(17,18)16-8-10(2)19-11(3)9-16/h5-7,10-11,14H,4,8-9H2,1-3H3/t10-,11+. The quantitative estimate of drug-likeness (QED) is 0.907. The third-order valence-electron chi connectivity index (χ3n) is 3.11. The summed E-state index contributed by atoms with van der Waals surface area (Å²) in [5.41, 5.74) is 0.543. The van der Waals surface area contributed by atoms with Crippen molar-refractivity contribution < 1.29 is 13.2 Å². The number of ether oxygens (including phenoxy) is 1. The lowest BCUT2D eigenvalue weighted by Gasteiger charge is -2.34. The van der Waals surface area contributed by atoms with E-state index in [0.29, 0.717) is 25.3 Å². The third kappa shape index (κ3) is 3.11. The van der Waals surface area contributed by atoms with E-state index in [2.05, 4.69) is 10.3 Å². The number of hydrogen-bond acceptors (Lipinski definition) is 5. The first-order valence-electron chi connectivity index (χ1n) is 6.79. The van der Waals surface area contributed by atoms with Crippen molar-refractivity contribution in [3.63, 3.8) is 0 Å². The first-order valence-corrected chi connectivity index (χ1v) is 8.23. The van der Waals surface area contributed by atoms with Gasteiger partial charge < -0.3 is 10.1 Å². The summed E-state index contributed by atoms with van der Waals surface area (Å²) in [6, 6.07) is 3.46. The van der Waals surface area contributed by atoms with Crippen LogP contribution in [0.2, 0.25) is 0 Å². The van der Waals surface area contributed by atoms with Crippen LogP contribution in [0.4, 0.5) is 5.69 Å². The zero-order chi connectivity index (χ0) is 14.8. The van der Waals surface area contributed by atoms with Gasteiger partial charge in [0.2, 0.25) is 0 Å². The van der Waals surface area contributed by atoms with Gasteiger partial charge in [0, 0.05) is 25.8 Å². The summed E-state index contributed by atoms with van der Waals surface area (Å²) in [6.07, 6.45) is 1.28. The van der Waals surface area contributed by atoms with Gasteiger partial charge in [0.25, 0.3) is 10.0 Å². The Kier molecular flexibility index (Phi) is 4.62. The Labute approximate surface area is 120 Å². The van der Waals surface area contributed by atoms with Gasteiger partial charge in [0.1, 0.15) is 0 Å². The molecule has 112 valence electrons. The van der Waals surface area contributed by atoms with E-state index in [1.165, 1.54) is 10.5 Å². The summed E-state index contributed by atoms with van der Waals surface area (Å²) in [4.78, 5) is 4.06. The number of sulfonamides is 1. The maximum absolute atomic E-state index is 12.7. The van der Waals surface area contributed by atoms with Gasteiger partial charge in [0.15, 0.2) is 5.03 Å². The smallest absolute Gasteiger partial charge is 0.262 e. The van der Waals surface area contributed by atoms with Crippen LogP contribution in [0.15, 0.2) is 23.4 Å². The van der Waals surface area contributed by atoms with Crippen molar-refractivity contribution in [1.82, 2.24) is 9.29 Å². The van der Waals surface area contributed by atoms with Crippen molar-refractivity contribution in [2.24, 2.45) is 0 Å². The number of rotatable bonds is 4. The number of hydrogen-bond donors (Lipinski definition) is 1. The van der Waals surface area contributed by atoms with Gasteiger partial charge in [-0.25, -0.2) is 13.4 Å². The molecule has 1 fully saturated rings. The van der Waals surface area contributed by atoms with E-state index < -0.39 is 10.0 Å². The third-order valence-corrected chi connectivity index (χ3v) is 4.90. The van der Waals surface area contributed by atoms with Gasteiger partial charge in [-0.3, -0.25) is 0 Å². The maximum atomic E-state index is 12.7. The van der Waals surface area contributed by atoms with Gasteiger partial charge in [-0.05, 0) is 32.9 Å². The van der Waals surface area contributed by atoms with E-state index in [9.17, 15) is 8.42 Å². The fraction of sp³-hybridized carbons (Fsp3) is 0.615. The van der Waals surface area contributed by atoms with Crippen LogP contribution in [0.5, 0.6) is 0 Å². The van der Waals surface area contributed by atoms with Crippen LogP contribution in [0.1, 0.15) is 20.8 Å². The van der Waals surface area contributed by atoms with E-state index >= 15 is 0 Å². The molecule has 2 heterocycles. The average Bonchev–Trinajstić information content (AvgIpc) is 2.38. The van der Waals surface area contributed by atoms with Crippen LogP contribution in [0.25, 0.3) is 0 Å². The second-order valence-corrected chi connectivity index (χ2v) is 6.82. The monoisotopic (exact) mass is 299 g/mol. The predicted octanol–water partition coefficient (Wildman–Crippen LogP) is 1.31. The molecule has 0 unspecified atom stereocenters. The fourth-order valence-electron chi connectivity index (χ4n) is 2.37. The molecule has 1 saturated heterocycles. The van der Waals surface area contributed by atoms with E-state index in [0.717, 1.165) is 0 Å². The van der Waals surface area contributed by atoms with Gasteiger partial charge >= 0.3 is 0 Å². The molecule has 0 radical (unpaired) electrons. The largest absolute Gasteiger partial charge is 0.383 e. The average molecular weight is 299 g/mol. The molecular weight excluding hydrogens is 278 g/mol. The first kappa shape index (κ1) is 15.2. The molecule has 0 spiro atoms. The Bertz CT molecular complexity index is 552. The second kappa shape index (κ2) is 6.07. The molecule has 7 heteroatoms. The molecule has 1 aliphatic heterocycles. The molecule has 20 heavy (non-hydrogen) atoms. The normalized spacial score (nSPS) is 24.6. The van der Waals surface area contributed by atoms with E-state index in [-0.39, 0.29) is 17.2 Å². The van der Waals surface area contributed by atoms with Crippen molar-refractivity contribution in [2.75, 3.05) is 25.0 Å². The SMILES string of the molecule is CCNc1cccnc1S(=O)(=O)N1C[C@@H](C)O[C@@H](C)C1. The summed E-state index contributed by atoms with van der Waals surface area (Å²) in [5.74, 6) is 0. The molecular formula is C13H21N3O3S. The number of nitrogens with one attached hydrogen (secondary N) is 1. The lowest BCUT2D eigenvalue weighted by Crippen LogP contribution is -2.48. The Balaban J connectivity index is 2.35. The van der Waals surface area contributed by atoms with E-state index in [1.54, 1.807) is 12.1 Å². The van der Waals surface area contributed by atoms with Crippen molar-refractivity contribution in [3.05, 3.63) is 18.3 Å². The molecule has 2 rings (SSSR count). The van der Waals surface area contributed by atoms with Gasteiger partial charge in [-0.1, -0.05) is 0 Å². The van der Waals surface area contributed by atoms with Crippen LogP contribution in [-0.2, 0) is 14.8 Å². The number of pyridine rings is 1. The van der Waals surface area contributed by atoms with Crippen LogP contribution >= 0.6 is 0 Å². The minimum absolute atomic E-state index is 0.0863. The number of aromatic nitrogens is 1. The highest BCUT2D eigenvalue weighted by Gasteiger charge is 2.34. The fourth-order valence-corrected chi connectivity index (χ4v) is 4.04. The minimum Gasteiger partial charge on any atom is -0.383 e. The van der Waals surface area contributed by atoms with Crippen molar-refractivity contribution in [1.29, 1.82) is 0 Å². The number of anilines is 1. The molecule has 0 bridgehead atoms. The molecule has 0 aromatic carbocycles. The molecule has 1 aromatic rings. The number of nitrogens with zero attached hydrogens (tertiary/aromatic N) is 2. The van der Waals surface area contributed by atoms with Gasteiger partial charge in [0.05, 0.1) is 17.9 Å². The van der Waals surface area contributed by atoms with Gasteiger partial charge in [-0.2, -0.15) is 4.31 Å². The number of morpholine rings is 1. The predicted molar refractivity (Wildman–Crippen MR) is 77.2 cm³/mol. The van der Waals surface area contributed by atoms with Crippen molar-refractivity contribution >= 4 is 15.7 Å². The maximum Gasteiger partial charge on any atom is 0.262 e. The van der Waals surface area contributed by atoms with Crippen molar-refractivity contribution in [3.8, 4) is 0 Å². The van der Waals surface area contributed by atoms with E-state index in [4.69, 9.17) is 4.74 Å². The first-order chi connectivity index (χ1) is 9.45. The van der Waals surface area contributed by atoms with Crippen LogP contribution in [0.3, 0.4) is 0 Å². The lowest BCUT2D eigenvalue weighted by molar-refractivity contribution is -0.0441. The molecule has 6 nitrogen and oxygen atoms in total. The Morgan fingerprint density at radius 2 is 2.05 bits per heavy atom. The molecule has 0 aliphatic carbocycles. The summed E-state index contributed by atoms with van der Waals surface area (Å²) < 4.78 is 32.5. The highest BCUT2D eigenvalue weighted by atomic mass is 32.2. The van der Waals surface area contributed by atoms with E-state index in [1.807, 2.05) is 20.8 Å². The molecule has 2 atom stereocenters. The summed E-state index contributed by atoms with van der Waals surface area (Å²) in [5, 5.41) is 3.13. The zero-order valence-electron chi connectivity index (χ0n) is 12.0. The minimum atomic E-state index is -3.60. The van der Waals surface area contributed by atoms with Crippen LogP contribution in [0, 0.1) is 0 Å². The van der Waals surface area contributed by atoms with Crippen LogP contribution in [-0.4, -0.2) is 49.5 Å². The Morgan fingerprint density at radius 1 is 1.40 bits per heavy atom. The lowest BCUT2D eigenvalue weighted by atomic mass is 10.3. The molecule has 1 aromatic heterocycles. The molecule has 0 amide bonds. The highest BCUT2D eigenvalue weighted by Crippen LogP contribution is 2.24. The van der Waals surface area contributed by atoms with Crippen molar-refractivity contribution in [2.45, 2.75) is 38.0 Å². The highest BCUT2D eigenvalue weighted by molar-refractivity contribution is 7.89. The second-order valence-electron chi connectivity index (χ2n) is 4.97. The van der Waals surface area contributed by atoms with Gasteiger partial charge in [-0.15, -0.1) is 0 Å².